The zero-order valence-corrected chi connectivity index (χ0v) is 68.5. The fourth-order valence-corrected chi connectivity index (χ4v) is 14.4. The van der Waals surface area contributed by atoms with Crippen LogP contribution < -0.4 is 21.3 Å². The van der Waals surface area contributed by atoms with Gasteiger partial charge < -0.3 is 83.4 Å². The number of nitrogens with one attached hydrogen (secondary N) is 4. The third-order valence-electron chi connectivity index (χ3n) is 20.5. The maximum Gasteiger partial charge on any atom is 0.411 e. The summed E-state index contributed by atoms with van der Waals surface area (Å²) in [7, 11) is -3.59. The number of carbonyl (C=O) groups is 10. The van der Waals surface area contributed by atoms with Crippen molar-refractivity contribution in [2.45, 2.75) is 150 Å². The number of halogens is 1. The predicted molar refractivity (Wildman–Crippen MR) is 417 cm³/mol. The van der Waals surface area contributed by atoms with Crippen LogP contribution in [-0.4, -0.2) is 270 Å². The van der Waals surface area contributed by atoms with E-state index in [-0.39, 0.29) is 125 Å². The van der Waals surface area contributed by atoms with Crippen molar-refractivity contribution in [2.75, 3.05) is 156 Å². The van der Waals surface area contributed by atoms with Crippen LogP contribution in [0.3, 0.4) is 0 Å². The van der Waals surface area contributed by atoms with E-state index in [0.29, 0.717) is 187 Å². The Hall–Kier alpha value is -9.15. The van der Waals surface area contributed by atoms with Gasteiger partial charge in [0, 0.05) is 91.7 Å². The number of ether oxygens (including phenoxy) is 11. The van der Waals surface area contributed by atoms with E-state index in [1.165, 1.54) is 17.9 Å². The van der Waals surface area contributed by atoms with E-state index < -0.39 is 94.1 Å². The third kappa shape index (κ3) is 26.9. The minimum absolute atomic E-state index is 0.0115. The number of unbranched alkanes of at least 4 members (excludes halogenated alkanes) is 2. The van der Waals surface area contributed by atoms with Gasteiger partial charge in [-0.2, -0.15) is 0 Å². The van der Waals surface area contributed by atoms with Gasteiger partial charge in [0.2, 0.25) is 35.4 Å². The highest BCUT2D eigenvalue weighted by Crippen LogP contribution is 2.48. The molecule has 1 fully saturated rings. The molecule has 0 radical (unpaired) electrons. The van der Waals surface area contributed by atoms with E-state index in [1.807, 2.05) is 18.7 Å². The molecule has 0 spiro atoms. The molecule has 642 valence electrons. The van der Waals surface area contributed by atoms with Crippen molar-refractivity contribution in [1.29, 1.82) is 0 Å². The van der Waals surface area contributed by atoms with Crippen molar-refractivity contribution >= 4 is 91.4 Å². The molecule has 37 heteroatoms. The highest BCUT2D eigenvalue weighted by molar-refractivity contribution is 7.90. The third-order valence-corrected chi connectivity index (χ3v) is 21.4. The van der Waals surface area contributed by atoms with Crippen LogP contribution in [0.5, 0.6) is 0 Å². The number of rotatable bonds is 53. The topological polar surface area (TPSA) is 428 Å². The van der Waals surface area contributed by atoms with Crippen molar-refractivity contribution in [3.05, 3.63) is 98.8 Å². The molecule has 9 rings (SSSR count). The summed E-state index contributed by atoms with van der Waals surface area (Å²) in [5, 5.41) is 31.6. The molecule has 5 atom stereocenters. The van der Waals surface area contributed by atoms with E-state index in [0.717, 1.165) is 23.1 Å². The van der Waals surface area contributed by atoms with E-state index in [4.69, 9.17) is 57.1 Å². The molecular formula is C80H110FN11O24S. The number of Topliss-reactive ketones (excluding diaryl/α,β-unsaturated/α-hetero) is 1. The summed E-state index contributed by atoms with van der Waals surface area (Å²) in [6, 6.07) is 5.98. The molecule has 0 saturated carbocycles. The zero-order chi connectivity index (χ0) is 84.2. The normalized spacial score (nSPS) is 17.5. The first-order valence-corrected chi connectivity index (χ1v) is 41.8. The number of cyclic esters (lactones) is 2. The van der Waals surface area contributed by atoms with Gasteiger partial charge in [0.1, 0.15) is 53.1 Å². The Morgan fingerprint density at radius 3 is 2.02 bits per heavy atom. The Balaban J connectivity index is 0.561. The average molecular weight is 1660 g/mol. The molecular weight excluding hydrogens is 1550 g/mol. The number of fused-ring (bicyclic) bond motifs is 4. The minimum atomic E-state index is -3.59. The van der Waals surface area contributed by atoms with Crippen LogP contribution in [0, 0.1) is 30.5 Å². The highest BCUT2D eigenvalue weighted by atomic mass is 32.2. The quantitative estimate of drug-likeness (QED) is 0.0136. The number of pyridine rings is 1. The van der Waals surface area contributed by atoms with Gasteiger partial charge in [-0.05, 0) is 92.3 Å². The Labute approximate surface area is 679 Å². The molecule has 35 nitrogen and oxygen atoms in total. The largest absolute Gasteiger partial charge is 0.444 e. The van der Waals surface area contributed by atoms with Crippen LogP contribution in [-0.2, 0) is 138 Å². The number of aliphatic hydroxyl groups is 1. The number of hydrogen-bond donors (Lipinski definition) is 5. The monoisotopic (exact) mass is 1660 g/mol. The van der Waals surface area contributed by atoms with Crippen molar-refractivity contribution in [1.82, 2.24) is 50.6 Å². The van der Waals surface area contributed by atoms with Gasteiger partial charge >= 0.3 is 18.0 Å². The summed E-state index contributed by atoms with van der Waals surface area (Å²) >= 11 is 0. The van der Waals surface area contributed by atoms with E-state index in [9.17, 15) is 61.5 Å². The van der Waals surface area contributed by atoms with Gasteiger partial charge in [-0.3, -0.25) is 43.4 Å². The lowest BCUT2D eigenvalue weighted by molar-refractivity contribution is -0.172. The van der Waals surface area contributed by atoms with E-state index in [1.54, 1.807) is 62.0 Å². The smallest absolute Gasteiger partial charge is 0.411 e. The van der Waals surface area contributed by atoms with E-state index >= 15 is 4.39 Å². The second-order valence-electron chi connectivity index (χ2n) is 29.7. The van der Waals surface area contributed by atoms with Crippen molar-refractivity contribution in [3.63, 3.8) is 0 Å². The molecule has 1 saturated heterocycles. The molecule has 2 aromatic carbocycles. The number of sulfone groups is 1. The van der Waals surface area contributed by atoms with Crippen molar-refractivity contribution in [2.24, 2.45) is 17.8 Å². The molecule has 2 aromatic heterocycles. The lowest BCUT2D eigenvalue weighted by Crippen LogP contribution is -2.49. The Morgan fingerprint density at radius 2 is 1.41 bits per heavy atom. The molecule has 5 N–H and O–H groups in total. The molecule has 1 unspecified atom stereocenters. The second-order valence-corrected chi connectivity index (χ2v) is 31.9. The molecule has 1 aliphatic carbocycles. The van der Waals surface area contributed by atoms with Gasteiger partial charge in [-0.25, -0.2) is 36.9 Å². The molecule has 7 amide bonds. The van der Waals surface area contributed by atoms with Crippen LogP contribution in [0.15, 0.2) is 53.8 Å². The second kappa shape index (κ2) is 45.1. The van der Waals surface area contributed by atoms with Crippen molar-refractivity contribution in [3.8, 4) is 0 Å². The van der Waals surface area contributed by atoms with Crippen LogP contribution in [0.25, 0.3) is 16.6 Å². The molecule has 5 aliphatic rings. The lowest BCUT2D eigenvalue weighted by Gasteiger charge is -2.36. The number of likely N-dealkylation sites (tertiary alicyclic amines) is 1. The van der Waals surface area contributed by atoms with E-state index in [2.05, 4.69) is 31.6 Å². The number of carbonyl (C=O) groups excluding carboxylic acids is 10. The van der Waals surface area contributed by atoms with Crippen LogP contribution in [0.2, 0.25) is 0 Å². The highest BCUT2D eigenvalue weighted by Gasteiger charge is 2.51. The number of esters is 2. The Kier molecular flexibility index (Phi) is 35.4. The maximum atomic E-state index is 15.5. The van der Waals surface area contributed by atoms with Gasteiger partial charge in [0.05, 0.1) is 166 Å². The summed E-state index contributed by atoms with van der Waals surface area (Å²) < 4.78 is 102. The molecule has 0 bridgehead atoms. The number of nitrogens with zero attached hydrogens (tertiary/aromatic N) is 7. The van der Waals surface area contributed by atoms with Crippen molar-refractivity contribution < 1.29 is 118 Å². The van der Waals surface area contributed by atoms with Gasteiger partial charge in [0.15, 0.2) is 5.60 Å². The molecule has 4 aromatic rings. The van der Waals surface area contributed by atoms with Gasteiger partial charge in [-0.1, -0.05) is 51.5 Å². The Bertz CT molecular complexity index is 4330. The molecule has 6 heterocycles. The maximum absolute atomic E-state index is 15.5. The average Bonchev–Trinajstić information content (AvgIpc) is 1.60. The van der Waals surface area contributed by atoms with Crippen LogP contribution >= 0.6 is 0 Å². The first-order valence-electron chi connectivity index (χ1n) is 39.8. The number of hydrogen-bond acceptors (Lipinski definition) is 28. The van der Waals surface area contributed by atoms with Crippen LogP contribution in [0.4, 0.5) is 14.9 Å². The number of amides is 7. The first-order chi connectivity index (χ1) is 56.1. The zero-order valence-electron chi connectivity index (χ0n) is 67.6. The fourth-order valence-electron chi connectivity index (χ4n) is 13.8. The predicted octanol–water partition coefficient (Wildman–Crippen LogP) is 4.20. The fraction of sp³-hybridized carbons (Fsp3) is 0.613. The number of imide groups is 1. The summed E-state index contributed by atoms with van der Waals surface area (Å²) in [5.74, 6) is -6.15. The van der Waals surface area contributed by atoms with Gasteiger partial charge in [0.25, 0.3) is 0 Å². The number of aryl methyl sites for hydroxylation is 1. The summed E-state index contributed by atoms with van der Waals surface area (Å²) in [6.07, 6.45) is 6.75. The molecule has 117 heavy (non-hydrogen) atoms. The summed E-state index contributed by atoms with van der Waals surface area (Å²) in [5.41, 5.74) is 3.44. The van der Waals surface area contributed by atoms with Gasteiger partial charge in [-0.15, -0.1) is 5.10 Å². The standard InChI is InChI=1S/C80H110FN11O24S/c1-8-80(103)63-42-67-73-62(47-90(67)46-61(63)77(100)116-78(80)101)72-65(18-17-59-53(5)64(81)43-66(86-73)71(59)72)85-69(95)49-114-50-89(22-39-117(7,104)105)79(102)115-48-55-13-15-56(16-14-55)84-74(97)54(6)83-75(98)60(51(2)3)41-58(93)19-23-106-25-27-108-29-31-110-33-35-112-37-38-113-36-34-111-32-30-109-28-26-107-24-21-91-45-57(87-88-91)44-82-68(94)12-10-9-11-20-92-70(96)40-52(4)76(92)99/h13-16,42-43,45,51-52,54,60,65,103H,8-12,17-41,44,46-50H2,1-7H3,(H,82,94)(H,83,98)(H,84,97)(H,85,95)/t52?,54-,60-,65-,80-/m0/s1. The van der Waals surface area contributed by atoms with Crippen LogP contribution in [0.1, 0.15) is 138 Å². The minimum Gasteiger partial charge on any atom is -0.444 e. The number of anilines is 1. The number of benzene rings is 2. The summed E-state index contributed by atoms with van der Waals surface area (Å²) in [6.45, 7) is 15.6. The molecule has 4 aliphatic heterocycles. The summed E-state index contributed by atoms with van der Waals surface area (Å²) in [4.78, 5) is 138. The first kappa shape index (κ1) is 91.7. The number of ketones is 1. The SMILES string of the molecule is CC[C@@]1(O)C(=O)OC(=O)C2=C1C=C1c3nc4cc(F)c(C)c5c4c(c3CN1C2)[C@@H](NC(=O)COCN(CCS(C)(=O)=O)C(=O)OCc1ccc(NC(=O)[C@H](C)NC(=O)[C@@H](CC(=O)CCOCCOCCOCCOCCOCCOCCOCCOCCn2cc(CNC(=O)CCCCCN3C(=O)CC(C)C3=O)nn2)C(C)C)cc1)CC5. The number of aromatic nitrogens is 4. The Morgan fingerprint density at radius 1 is 0.778 bits per heavy atom. The lowest BCUT2D eigenvalue weighted by atomic mass is 9.81.